The maximum Gasteiger partial charge on any atom is 0.128 e. The molecular weight excluding hydrogens is 296 g/mol. The van der Waals surface area contributed by atoms with Crippen molar-refractivity contribution in [3.63, 3.8) is 0 Å². The molecule has 3 aromatic rings. The minimum absolute atomic E-state index is 0.355. The predicted octanol–water partition coefficient (Wildman–Crippen LogP) is 4.18. The van der Waals surface area contributed by atoms with Gasteiger partial charge in [-0.25, -0.2) is 4.98 Å². The zero-order chi connectivity index (χ0) is 15.4. The Kier molecular flexibility index (Phi) is 4.45. The topological polar surface area (TPSA) is 48.1 Å². The first kappa shape index (κ1) is 14.7. The van der Waals surface area contributed by atoms with Gasteiger partial charge in [-0.3, -0.25) is 0 Å². The number of ether oxygens (including phenoxy) is 1. The minimum Gasteiger partial charge on any atom is -0.493 e. The number of rotatable bonds is 5. The van der Waals surface area contributed by atoms with Crippen LogP contribution in [0.4, 0.5) is 5.82 Å². The molecule has 1 aromatic heterocycles. The van der Waals surface area contributed by atoms with Crippen LogP contribution >= 0.6 is 11.6 Å². The van der Waals surface area contributed by atoms with Crippen molar-refractivity contribution in [3.8, 4) is 5.75 Å². The summed E-state index contributed by atoms with van der Waals surface area (Å²) < 4.78 is 5.83. The number of nitrogens with zero attached hydrogens (tertiary/aromatic N) is 1. The summed E-state index contributed by atoms with van der Waals surface area (Å²) in [7, 11) is 0. The summed E-state index contributed by atoms with van der Waals surface area (Å²) in [4.78, 5) is 4.35. The lowest BCUT2D eigenvalue weighted by molar-refractivity contribution is 0.322. The van der Waals surface area contributed by atoms with Crippen molar-refractivity contribution < 1.29 is 4.74 Å². The minimum atomic E-state index is 0.355. The highest BCUT2D eigenvalue weighted by Crippen LogP contribution is 2.24. The molecule has 0 radical (unpaired) electrons. The second-order valence-corrected chi connectivity index (χ2v) is 5.37. The highest BCUT2D eigenvalue weighted by molar-refractivity contribution is 6.17. The summed E-state index contributed by atoms with van der Waals surface area (Å²) in [6, 6.07) is 18.1. The van der Waals surface area contributed by atoms with E-state index in [-0.39, 0.29) is 0 Å². The summed E-state index contributed by atoms with van der Waals surface area (Å²) in [5.41, 5.74) is 8.81. The molecule has 4 heteroatoms. The number of benzene rings is 2. The highest BCUT2D eigenvalue weighted by atomic mass is 35.5. The van der Waals surface area contributed by atoms with Gasteiger partial charge in [0.15, 0.2) is 0 Å². The number of anilines is 1. The second kappa shape index (κ2) is 6.67. The molecule has 0 atom stereocenters. The molecule has 2 aromatic carbocycles. The Bertz CT molecular complexity index is 775. The molecule has 3 rings (SSSR count). The van der Waals surface area contributed by atoms with Crippen LogP contribution in [0.5, 0.6) is 5.75 Å². The molecular formula is C18H17ClN2O. The van der Waals surface area contributed by atoms with E-state index in [2.05, 4.69) is 17.1 Å². The van der Waals surface area contributed by atoms with Gasteiger partial charge >= 0.3 is 0 Å². The zero-order valence-corrected chi connectivity index (χ0v) is 12.9. The zero-order valence-electron chi connectivity index (χ0n) is 12.1. The van der Waals surface area contributed by atoms with E-state index in [1.54, 1.807) is 0 Å². The third-order valence-electron chi connectivity index (χ3n) is 3.54. The van der Waals surface area contributed by atoms with Crippen molar-refractivity contribution in [3.05, 3.63) is 65.7 Å². The van der Waals surface area contributed by atoms with Gasteiger partial charge in [-0.1, -0.05) is 30.3 Å². The molecule has 0 saturated carbocycles. The van der Waals surface area contributed by atoms with Gasteiger partial charge in [-0.2, -0.15) is 0 Å². The van der Waals surface area contributed by atoms with Gasteiger partial charge in [-0.15, -0.1) is 11.6 Å². The van der Waals surface area contributed by atoms with E-state index in [1.165, 1.54) is 5.56 Å². The molecule has 112 valence electrons. The smallest absolute Gasteiger partial charge is 0.128 e. The average molecular weight is 313 g/mol. The van der Waals surface area contributed by atoms with Gasteiger partial charge in [0.2, 0.25) is 0 Å². The van der Waals surface area contributed by atoms with Gasteiger partial charge in [0.05, 0.1) is 18.0 Å². The van der Waals surface area contributed by atoms with Crippen LogP contribution in [0, 0.1) is 0 Å². The molecule has 1 heterocycles. The Morgan fingerprint density at radius 2 is 1.86 bits per heavy atom. The van der Waals surface area contributed by atoms with Crippen LogP contribution < -0.4 is 10.5 Å². The van der Waals surface area contributed by atoms with E-state index in [9.17, 15) is 0 Å². The van der Waals surface area contributed by atoms with Crippen molar-refractivity contribution >= 4 is 28.3 Å². The fourth-order valence-electron chi connectivity index (χ4n) is 2.34. The molecule has 2 N–H and O–H groups in total. The third-order valence-corrected chi connectivity index (χ3v) is 3.83. The van der Waals surface area contributed by atoms with Crippen LogP contribution in [-0.2, 0) is 12.3 Å². The normalized spacial score (nSPS) is 10.8. The molecule has 0 aliphatic carbocycles. The average Bonchev–Trinajstić information content (AvgIpc) is 2.55. The molecule has 3 nitrogen and oxygen atoms in total. The van der Waals surface area contributed by atoms with Crippen molar-refractivity contribution in [1.82, 2.24) is 4.98 Å². The predicted molar refractivity (Wildman–Crippen MR) is 91.4 cm³/mol. The monoisotopic (exact) mass is 312 g/mol. The number of hydrogen-bond donors (Lipinski definition) is 1. The molecule has 22 heavy (non-hydrogen) atoms. The highest BCUT2D eigenvalue weighted by Gasteiger charge is 2.05. The lowest BCUT2D eigenvalue weighted by Gasteiger charge is -2.09. The first-order valence-electron chi connectivity index (χ1n) is 7.18. The van der Waals surface area contributed by atoms with Gasteiger partial charge in [0, 0.05) is 17.4 Å². The van der Waals surface area contributed by atoms with Crippen molar-refractivity contribution in [2.75, 3.05) is 12.3 Å². The molecule has 0 unspecified atom stereocenters. The fourth-order valence-corrected chi connectivity index (χ4v) is 2.56. The van der Waals surface area contributed by atoms with E-state index in [1.807, 2.05) is 42.5 Å². The lowest BCUT2D eigenvalue weighted by atomic mass is 10.1. The first-order chi connectivity index (χ1) is 10.8. The van der Waals surface area contributed by atoms with E-state index < -0.39 is 0 Å². The van der Waals surface area contributed by atoms with Gasteiger partial charge in [0.1, 0.15) is 11.6 Å². The number of pyridine rings is 1. The molecule has 0 saturated heterocycles. The summed E-state index contributed by atoms with van der Waals surface area (Å²) in [5, 5.41) is 0.988. The van der Waals surface area contributed by atoms with Gasteiger partial charge < -0.3 is 10.5 Å². The summed E-state index contributed by atoms with van der Waals surface area (Å²) in [6.45, 7) is 0.639. The van der Waals surface area contributed by atoms with Crippen LogP contribution in [0.15, 0.2) is 54.6 Å². The van der Waals surface area contributed by atoms with E-state index in [0.717, 1.165) is 28.6 Å². The number of fused-ring (bicyclic) bond motifs is 1. The maximum absolute atomic E-state index is 5.87. The van der Waals surface area contributed by atoms with E-state index >= 15 is 0 Å². The molecule has 0 amide bonds. The SMILES string of the molecule is Nc1nc2ccc(OCCc3ccccc3)cc2cc1CCl. The third kappa shape index (κ3) is 3.31. The fraction of sp³-hybridized carbons (Fsp3) is 0.167. The summed E-state index contributed by atoms with van der Waals surface area (Å²) >= 11 is 5.87. The Balaban J connectivity index is 1.73. The van der Waals surface area contributed by atoms with Gasteiger partial charge in [-0.05, 0) is 29.8 Å². The Morgan fingerprint density at radius 1 is 1.05 bits per heavy atom. The van der Waals surface area contributed by atoms with Crippen molar-refractivity contribution in [1.29, 1.82) is 0 Å². The number of aromatic nitrogens is 1. The number of hydrogen-bond acceptors (Lipinski definition) is 3. The standard InChI is InChI=1S/C18H17ClN2O/c19-12-15-10-14-11-16(6-7-17(14)21-18(15)20)22-9-8-13-4-2-1-3-5-13/h1-7,10-11H,8-9,12H2,(H2,20,21). The van der Waals surface area contributed by atoms with Crippen molar-refractivity contribution in [2.45, 2.75) is 12.3 Å². The Labute approximate surface area is 134 Å². The molecule has 0 bridgehead atoms. The van der Waals surface area contributed by atoms with E-state index in [0.29, 0.717) is 18.3 Å². The maximum atomic E-state index is 5.87. The van der Waals surface area contributed by atoms with E-state index in [4.69, 9.17) is 22.1 Å². The quantitative estimate of drug-likeness (QED) is 0.719. The van der Waals surface area contributed by atoms with Crippen LogP contribution in [0.3, 0.4) is 0 Å². The number of nitrogen functional groups attached to an aromatic ring is 1. The summed E-state index contributed by atoms with van der Waals surface area (Å²) in [6.07, 6.45) is 0.881. The molecule has 0 aliphatic heterocycles. The Morgan fingerprint density at radius 3 is 2.64 bits per heavy atom. The molecule has 0 fully saturated rings. The largest absolute Gasteiger partial charge is 0.493 e. The van der Waals surface area contributed by atoms with Crippen LogP contribution in [0.25, 0.3) is 10.9 Å². The van der Waals surface area contributed by atoms with Crippen LogP contribution in [0.2, 0.25) is 0 Å². The van der Waals surface area contributed by atoms with Gasteiger partial charge in [0.25, 0.3) is 0 Å². The number of nitrogens with two attached hydrogens (primary N) is 1. The molecule has 0 spiro atoms. The number of alkyl halides is 1. The summed E-state index contributed by atoms with van der Waals surface area (Å²) in [5.74, 6) is 1.67. The molecule has 0 aliphatic rings. The number of halogens is 1. The first-order valence-corrected chi connectivity index (χ1v) is 7.71. The second-order valence-electron chi connectivity index (χ2n) is 5.10. The van der Waals surface area contributed by atoms with Crippen molar-refractivity contribution in [2.24, 2.45) is 0 Å². The van der Waals surface area contributed by atoms with Crippen LogP contribution in [-0.4, -0.2) is 11.6 Å². The van der Waals surface area contributed by atoms with Crippen LogP contribution in [0.1, 0.15) is 11.1 Å². The lowest BCUT2D eigenvalue weighted by Crippen LogP contribution is -2.01. The Hall–Kier alpha value is -2.26.